The number of nitrogens with zero attached hydrogens (tertiary/aromatic N) is 4. The van der Waals surface area contributed by atoms with Crippen molar-refractivity contribution in [2.45, 2.75) is 12.1 Å². The van der Waals surface area contributed by atoms with Crippen LogP contribution in [0.25, 0.3) is 17.1 Å². The van der Waals surface area contributed by atoms with Crippen molar-refractivity contribution in [3.05, 3.63) is 83.9 Å². The third-order valence-electron chi connectivity index (χ3n) is 5.10. The molecule has 1 amide bonds. The fourth-order valence-electron chi connectivity index (χ4n) is 3.28. The number of benzene rings is 3. The largest absolute Gasteiger partial charge is 0.497 e. The molecular formula is C26H25N5O3S. The number of rotatable bonds is 9. The van der Waals surface area contributed by atoms with Gasteiger partial charge in [-0.15, -0.1) is 10.2 Å². The van der Waals surface area contributed by atoms with Crippen LogP contribution in [0.4, 0.5) is 0 Å². The molecule has 35 heavy (non-hydrogen) atoms. The number of methoxy groups -OCH3 is 2. The number of aryl methyl sites for hydroxylation is 1. The molecule has 1 N–H and O–H groups in total. The van der Waals surface area contributed by atoms with E-state index in [2.05, 4.69) is 20.7 Å². The number of hydrazone groups is 1. The first-order valence-electron chi connectivity index (χ1n) is 10.8. The van der Waals surface area contributed by atoms with E-state index in [4.69, 9.17) is 9.47 Å². The highest BCUT2D eigenvalue weighted by Gasteiger charge is 2.17. The Balaban J connectivity index is 1.50. The number of hydrogen-bond acceptors (Lipinski definition) is 7. The van der Waals surface area contributed by atoms with Gasteiger partial charge < -0.3 is 9.47 Å². The highest BCUT2D eigenvalue weighted by Crippen LogP contribution is 2.29. The summed E-state index contributed by atoms with van der Waals surface area (Å²) in [5, 5.41) is 13.4. The summed E-state index contributed by atoms with van der Waals surface area (Å²) >= 11 is 1.29. The van der Waals surface area contributed by atoms with Gasteiger partial charge in [0.2, 0.25) is 0 Å². The van der Waals surface area contributed by atoms with Gasteiger partial charge in [-0.2, -0.15) is 5.10 Å². The lowest BCUT2D eigenvalue weighted by atomic mass is 10.2. The number of amides is 1. The molecular weight excluding hydrogens is 462 g/mol. The standard InChI is InChI=1S/C26H25N5O3S/c1-18-7-11-21(12-8-18)31-25(20-9-13-22(33-2)14-10-20)29-30-26(31)35-17-24(32)28-27-16-19-5-4-6-23(15-19)34-3/h4-16H,17H2,1-3H3,(H,28,32)/b27-16+. The highest BCUT2D eigenvalue weighted by atomic mass is 32.2. The molecule has 9 heteroatoms. The van der Waals surface area contributed by atoms with E-state index in [-0.39, 0.29) is 11.7 Å². The van der Waals surface area contributed by atoms with Gasteiger partial charge >= 0.3 is 0 Å². The maximum Gasteiger partial charge on any atom is 0.250 e. The second kappa shape index (κ2) is 11.3. The second-order valence-corrected chi connectivity index (χ2v) is 8.51. The molecule has 0 unspecified atom stereocenters. The van der Waals surface area contributed by atoms with Crippen molar-refractivity contribution >= 4 is 23.9 Å². The topological polar surface area (TPSA) is 90.6 Å². The molecule has 0 saturated carbocycles. The molecule has 4 aromatic rings. The highest BCUT2D eigenvalue weighted by molar-refractivity contribution is 7.99. The third kappa shape index (κ3) is 6.07. The van der Waals surface area contributed by atoms with E-state index in [1.165, 1.54) is 11.8 Å². The van der Waals surface area contributed by atoms with Crippen LogP contribution in [0.15, 0.2) is 83.1 Å². The van der Waals surface area contributed by atoms with E-state index in [0.29, 0.717) is 11.0 Å². The average Bonchev–Trinajstić information content (AvgIpc) is 3.32. The van der Waals surface area contributed by atoms with E-state index in [1.54, 1.807) is 20.4 Å². The molecule has 0 atom stereocenters. The molecule has 0 bridgehead atoms. The van der Waals surface area contributed by atoms with Crippen molar-refractivity contribution in [1.29, 1.82) is 0 Å². The van der Waals surface area contributed by atoms with Crippen LogP contribution in [-0.4, -0.2) is 46.9 Å². The van der Waals surface area contributed by atoms with Crippen LogP contribution >= 0.6 is 11.8 Å². The summed E-state index contributed by atoms with van der Waals surface area (Å²) in [4.78, 5) is 12.4. The molecule has 1 heterocycles. The summed E-state index contributed by atoms with van der Waals surface area (Å²) in [7, 11) is 3.23. The van der Waals surface area contributed by atoms with Crippen molar-refractivity contribution < 1.29 is 14.3 Å². The van der Waals surface area contributed by atoms with Crippen molar-refractivity contribution in [2.24, 2.45) is 5.10 Å². The summed E-state index contributed by atoms with van der Waals surface area (Å²) in [6.07, 6.45) is 1.57. The Labute approximate surface area is 208 Å². The predicted octanol–water partition coefficient (Wildman–Crippen LogP) is 4.50. The Kier molecular flexibility index (Phi) is 7.79. The molecule has 0 spiro atoms. The number of thioether (sulfide) groups is 1. The van der Waals surface area contributed by atoms with Crippen LogP contribution < -0.4 is 14.9 Å². The minimum Gasteiger partial charge on any atom is -0.497 e. The molecule has 0 aliphatic rings. The van der Waals surface area contributed by atoms with Gasteiger partial charge in [-0.05, 0) is 61.0 Å². The zero-order valence-electron chi connectivity index (χ0n) is 19.6. The average molecular weight is 488 g/mol. The summed E-state index contributed by atoms with van der Waals surface area (Å²) in [5.41, 5.74) is 6.32. The van der Waals surface area contributed by atoms with E-state index < -0.39 is 0 Å². The van der Waals surface area contributed by atoms with Gasteiger partial charge in [0.05, 0.1) is 26.2 Å². The van der Waals surface area contributed by atoms with Crippen LogP contribution in [0.1, 0.15) is 11.1 Å². The van der Waals surface area contributed by atoms with Gasteiger partial charge in [0.15, 0.2) is 11.0 Å². The number of carbonyl (C=O) groups excluding carboxylic acids is 1. The van der Waals surface area contributed by atoms with Gasteiger partial charge in [0, 0.05) is 11.3 Å². The third-order valence-corrected chi connectivity index (χ3v) is 6.03. The number of aromatic nitrogens is 3. The molecule has 0 radical (unpaired) electrons. The number of ether oxygens (including phenoxy) is 2. The molecule has 0 fully saturated rings. The van der Waals surface area contributed by atoms with Crippen LogP contribution in [0.3, 0.4) is 0 Å². The van der Waals surface area contributed by atoms with Crippen LogP contribution in [0, 0.1) is 6.92 Å². The number of carbonyl (C=O) groups is 1. The number of nitrogens with one attached hydrogen (secondary N) is 1. The quantitative estimate of drug-likeness (QED) is 0.212. The minimum absolute atomic E-state index is 0.127. The Morgan fingerprint density at radius 1 is 1.00 bits per heavy atom. The van der Waals surface area contributed by atoms with Crippen LogP contribution in [0.5, 0.6) is 11.5 Å². The lowest BCUT2D eigenvalue weighted by molar-refractivity contribution is -0.118. The molecule has 0 aliphatic heterocycles. The van der Waals surface area contributed by atoms with Gasteiger partial charge in [-0.3, -0.25) is 9.36 Å². The van der Waals surface area contributed by atoms with E-state index >= 15 is 0 Å². The van der Waals surface area contributed by atoms with Gasteiger partial charge in [0.1, 0.15) is 11.5 Å². The maximum absolute atomic E-state index is 12.4. The molecule has 3 aromatic carbocycles. The molecule has 1 aromatic heterocycles. The summed E-state index contributed by atoms with van der Waals surface area (Å²) in [6.45, 7) is 2.03. The van der Waals surface area contributed by atoms with Gasteiger partial charge in [-0.25, -0.2) is 5.43 Å². The smallest absolute Gasteiger partial charge is 0.250 e. The monoisotopic (exact) mass is 487 g/mol. The Morgan fingerprint density at radius 2 is 1.74 bits per heavy atom. The summed E-state index contributed by atoms with van der Waals surface area (Å²) in [6, 6.07) is 23.1. The fraction of sp³-hybridized carbons (Fsp3) is 0.154. The van der Waals surface area contributed by atoms with Gasteiger partial charge in [0.25, 0.3) is 5.91 Å². The zero-order chi connectivity index (χ0) is 24.6. The second-order valence-electron chi connectivity index (χ2n) is 7.56. The maximum atomic E-state index is 12.4. The molecule has 4 rings (SSSR count). The Hall–Kier alpha value is -4.11. The SMILES string of the molecule is COc1ccc(-c2nnc(SCC(=O)N/N=C/c3cccc(OC)c3)n2-c2ccc(C)cc2)cc1. The normalized spacial score (nSPS) is 10.9. The predicted molar refractivity (Wildman–Crippen MR) is 138 cm³/mol. The first-order chi connectivity index (χ1) is 17.1. The summed E-state index contributed by atoms with van der Waals surface area (Å²) in [5.74, 6) is 2.03. The molecule has 8 nitrogen and oxygen atoms in total. The van der Waals surface area contributed by atoms with Crippen molar-refractivity contribution in [1.82, 2.24) is 20.2 Å². The van der Waals surface area contributed by atoms with Crippen molar-refractivity contribution in [3.8, 4) is 28.6 Å². The molecule has 0 saturated heterocycles. The minimum atomic E-state index is -0.251. The fourth-order valence-corrected chi connectivity index (χ4v) is 4.02. The number of hydrogen-bond donors (Lipinski definition) is 1. The lowest BCUT2D eigenvalue weighted by Crippen LogP contribution is -2.20. The van der Waals surface area contributed by atoms with E-state index in [0.717, 1.165) is 33.9 Å². The first kappa shape index (κ1) is 24.0. The van der Waals surface area contributed by atoms with Crippen molar-refractivity contribution in [2.75, 3.05) is 20.0 Å². The van der Waals surface area contributed by atoms with E-state index in [1.807, 2.05) is 84.3 Å². The summed E-state index contributed by atoms with van der Waals surface area (Å²) < 4.78 is 12.4. The first-order valence-corrected chi connectivity index (χ1v) is 11.8. The van der Waals surface area contributed by atoms with E-state index in [9.17, 15) is 4.79 Å². The Bertz CT molecular complexity index is 1320. The Morgan fingerprint density at radius 3 is 2.46 bits per heavy atom. The molecule has 0 aliphatic carbocycles. The lowest BCUT2D eigenvalue weighted by Gasteiger charge is -2.11. The van der Waals surface area contributed by atoms with Crippen LogP contribution in [-0.2, 0) is 4.79 Å². The van der Waals surface area contributed by atoms with Crippen molar-refractivity contribution in [3.63, 3.8) is 0 Å². The van der Waals surface area contributed by atoms with Crippen LogP contribution in [0.2, 0.25) is 0 Å². The molecule has 178 valence electrons. The van der Waals surface area contributed by atoms with Gasteiger partial charge in [-0.1, -0.05) is 41.6 Å². The zero-order valence-corrected chi connectivity index (χ0v) is 20.5.